The van der Waals surface area contributed by atoms with E-state index in [-0.39, 0.29) is 29.0 Å². The molecule has 0 heterocycles. The molecule has 27 heavy (non-hydrogen) atoms. The molecule has 4 aliphatic carbocycles. The standard InChI is InChI=1S/C23H28O4/c1-14(24)27-13-21(26)15-10-20-18-5-4-16-11-17(25)6-9-23(16,3)19(18)7-8-22(20,2)12-15/h7,11-12,18,20H,4-6,8-10,13H2,1-3H3. The van der Waals surface area contributed by atoms with Crippen LogP contribution < -0.4 is 0 Å². The molecule has 0 saturated heterocycles. The summed E-state index contributed by atoms with van der Waals surface area (Å²) in [5.41, 5.74) is 3.64. The van der Waals surface area contributed by atoms with Crippen molar-refractivity contribution in [2.24, 2.45) is 22.7 Å². The van der Waals surface area contributed by atoms with Gasteiger partial charge in [-0.15, -0.1) is 0 Å². The monoisotopic (exact) mass is 368 g/mol. The molecule has 0 radical (unpaired) electrons. The lowest BCUT2D eigenvalue weighted by Crippen LogP contribution is -2.43. The molecular formula is C23H28O4. The molecular weight excluding hydrogens is 340 g/mol. The van der Waals surface area contributed by atoms with Gasteiger partial charge in [0.05, 0.1) is 0 Å². The Hall–Kier alpha value is -1.97. The van der Waals surface area contributed by atoms with Crippen molar-refractivity contribution in [1.29, 1.82) is 0 Å². The number of Topliss-reactive ketones (excluding diaryl/α,β-unsaturated/α-hetero) is 1. The van der Waals surface area contributed by atoms with Gasteiger partial charge in [-0.3, -0.25) is 14.4 Å². The molecule has 0 N–H and O–H groups in total. The normalized spacial score (nSPS) is 37.3. The fraction of sp³-hybridized carbons (Fsp3) is 0.609. The average molecular weight is 368 g/mol. The number of carbonyl (C=O) groups excluding carboxylic acids is 3. The molecule has 4 heteroatoms. The summed E-state index contributed by atoms with van der Waals surface area (Å²) in [6.07, 6.45) is 11.7. The summed E-state index contributed by atoms with van der Waals surface area (Å²) in [6, 6.07) is 0. The van der Waals surface area contributed by atoms with Crippen LogP contribution in [0.25, 0.3) is 0 Å². The molecule has 4 unspecified atom stereocenters. The number of esters is 1. The van der Waals surface area contributed by atoms with Crippen LogP contribution in [0.5, 0.6) is 0 Å². The predicted molar refractivity (Wildman–Crippen MR) is 102 cm³/mol. The van der Waals surface area contributed by atoms with Crippen LogP contribution in [0.1, 0.15) is 59.3 Å². The van der Waals surface area contributed by atoms with E-state index < -0.39 is 5.97 Å². The van der Waals surface area contributed by atoms with E-state index in [2.05, 4.69) is 26.0 Å². The highest BCUT2D eigenvalue weighted by atomic mass is 16.5. The predicted octanol–water partition coefficient (Wildman–Crippen LogP) is 4.11. The van der Waals surface area contributed by atoms with Gasteiger partial charge in [0.2, 0.25) is 0 Å². The van der Waals surface area contributed by atoms with E-state index in [1.807, 2.05) is 6.08 Å². The van der Waals surface area contributed by atoms with Crippen LogP contribution in [-0.4, -0.2) is 24.1 Å². The maximum atomic E-state index is 12.5. The zero-order chi connectivity index (χ0) is 19.4. The second-order valence-electron chi connectivity index (χ2n) is 9.17. The Bertz CT molecular complexity index is 814. The van der Waals surface area contributed by atoms with E-state index in [4.69, 9.17) is 4.74 Å². The summed E-state index contributed by atoms with van der Waals surface area (Å²) in [4.78, 5) is 35.4. The molecule has 4 rings (SSSR count). The first-order chi connectivity index (χ1) is 12.7. The summed E-state index contributed by atoms with van der Waals surface area (Å²) in [5, 5.41) is 0. The van der Waals surface area contributed by atoms with Crippen molar-refractivity contribution >= 4 is 17.5 Å². The Balaban J connectivity index is 1.59. The first-order valence-electron chi connectivity index (χ1n) is 10.1. The summed E-state index contributed by atoms with van der Waals surface area (Å²) in [5.74, 6) is 0.677. The van der Waals surface area contributed by atoms with Crippen LogP contribution in [0.4, 0.5) is 0 Å². The lowest BCUT2D eigenvalue weighted by Gasteiger charge is -2.52. The van der Waals surface area contributed by atoms with Crippen LogP contribution in [0, 0.1) is 22.7 Å². The number of ether oxygens (including phenoxy) is 1. The molecule has 1 saturated carbocycles. The Morgan fingerprint density at radius 3 is 2.78 bits per heavy atom. The maximum Gasteiger partial charge on any atom is 0.303 e. The zero-order valence-corrected chi connectivity index (χ0v) is 16.5. The molecule has 0 amide bonds. The van der Waals surface area contributed by atoms with Gasteiger partial charge in [0.1, 0.15) is 0 Å². The van der Waals surface area contributed by atoms with Crippen molar-refractivity contribution in [2.45, 2.75) is 59.3 Å². The Morgan fingerprint density at radius 2 is 2.04 bits per heavy atom. The van der Waals surface area contributed by atoms with Gasteiger partial charge in [0, 0.05) is 18.8 Å². The van der Waals surface area contributed by atoms with Gasteiger partial charge in [-0.25, -0.2) is 0 Å². The molecule has 0 bridgehead atoms. The molecule has 4 nitrogen and oxygen atoms in total. The molecule has 0 aromatic rings. The number of hydrogen-bond acceptors (Lipinski definition) is 4. The van der Waals surface area contributed by atoms with E-state index in [0.717, 1.165) is 37.7 Å². The van der Waals surface area contributed by atoms with Crippen LogP contribution in [0.2, 0.25) is 0 Å². The smallest absolute Gasteiger partial charge is 0.303 e. The van der Waals surface area contributed by atoms with Gasteiger partial charge in [-0.05, 0) is 61.0 Å². The van der Waals surface area contributed by atoms with Gasteiger partial charge >= 0.3 is 5.97 Å². The average Bonchev–Trinajstić information content (AvgIpc) is 2.98. The maximum absolute atomic E-state index is 12.5. The van der Waals surface area contributed by atoms with E-state index in [0.29, 0.717) is 18.3 Å². The summed E-state index contributed by atoms with van der Waals surface area (Å²) < 4.78 is 4.92. The SMILES string of the molecule is CC(=O)OCC(=O)C1=CC2(C)CC=C3C(CCC4=CC(=O)CCC43C)C2C1. The van der Waals surface area contributed by atoms with E-state index >= 15 is 0 Å². The second kappa shape index (κ2) is 6.29. The molecule has 1 fully saturated rings. The van der Waals surface area contributed by atoms with Crippen LogP contribution in [-0.2, 0) is 19.1 Å². The molecule has 0 spiro atoms. The van der Waals surface area contributed by atoms with Gasteiger partial charge in [0.25, 0.3) is 0 Å². The fourth-order valence-electron chi connectivity index (χ4n) is 5.94. The van der Waals surface area contributed by atoms with E-state index in [1.165, 1.54) is 18.1 Å². The van der Waals surface area contributed by atoms with Crippen molar-refractivity contribution in [3.05, 3.63) is 34.9 Å². The number of ketones is 2. The third kappa shape index (κ3) is 2.94. The molecule has 4 atom stereocenters. The topological polar surface area (TPSA) is 60.4 Å². The third-order valence-electron chi connectivity index (χ3n) is 7.48. The molecule has 0 aromatic carbocycles. The van der Waals surface area contributed by atoms with Crippen molar-refractivity contribution in [3.8, 4) is 0 Å². The quantitative estimate of drug-likeness (QED) is 0.556. The van der Waals surface area contributed by atoms with Gasteiger partial charge < -0.3 is 4.74 Å². The minimum Gasteiger partial charge on any atom is -0.457 e. The fourth-order valence-corrected chi connectivity index (χ4v) is 5.94. The summed E-state index contributed by atoms with van der Waals surface area (Å²) in [7, 11) is 0. The largest absolute Gasteiger partial charge is 0.457 e. The van der Waals surface area contributed by atoms with Crippen molar-refractivity contribution in [3.63, 3.8) is 0 Å². The van der Waals surface area contributed by atoms with Gasteiger partial charge in [-0.2, -0.15) is 0 Å². The van der Waals surface area contributed by atoms with Gasteiger partial charge in [-0.1, -0.05) is 37.1 Å². The highest BCUT2D eigenvalue weighted by Crippen LogP contribution is 2.62. The Kier molecular flexibility index (Phi) is 4.28. The van der Waals surface area contributed by atoms with Crippen molar-refractivity contribution in [1.82, 2.24) is 0 Å². The number of fused-ring (bicyclic) bond motifs is 5. The van der Waals surface area contributed by atoms with Crippen molar-refractivity contribution < 1.29 is 19.1 Å². The van der Waals surface area contributed by atoms with E-state index in [1.54, 1.807) is 0 Å². The van der Waals surface area contributed by atoms with Gasteiger partial charge in [0.15, 0.2) is 18.2 Å². The highest BCUT2D eigenvalue weighted by Gasteiger charge is 2.52. The second-order valence-corrected chi connectivity index (χ2v) is 9.17. The van der Waals surface area contributed by atoms with E-state index in [9.17, 15) is 14.4 Å². The minimum absolute atomic E-state index is 0.00253. The van der Waals surface area contributed by atoms with Crippen LogP contribution in [0.3, 0.4) is 0 Å². The van der Waals surface area contributed by atoms with Crippen molar-refractivity contribution in [2.75, 3.05) is 6.61 Å². The lowest BCUT2D eigenvalue weighted by molar-refractivity contribution is -0.144. The Labute approximate surface area is 160 Å². The first kappa shape index (κ1) is 18.4. The zero-order valence-electron chi connectivity index (χ0n) is 16.5. The minimum atomic E-state index is -0.416. The number of rotatable bonds is 3. The summed E-state index contributed by atoms with van der Waals surface area (Å²) in [6.45, 7) is 5.74. The van der Waals surface area contributed by atoms with Crippen LogP contribution >= 0.6 is 0 Å². The highest BCUT2D eigenvalue weighted by molar-refractivity contribution is 5.98. The number of allylic oxidation sites excluding steroid dienone is 5. The number of carbonyl (C=O) groups is 3. The first-order valence-corrected chi connectivity index (χ1v) is 10.1. The molecule has 4 aliphatic rings. The molecule has 144 valence electrons. The molecule has 0 aliphatic heterocycles. The molecule has 0 aromatic heterocycles. The summed E-state index contributed by atoms with van der Waals surface area (Å²) >= 11 is 0. The lowest BCUT2D eigenvalue weighted by atomic mass is 9.52. The Morgan fingerprint density at radius 1 is 1.26 bits per heavy atom. The third-order valence-corrected chi connectivity index (χ3v) is 7.48. The van der Waals surface area contributed by atoms with Crippen LogP contribution in [0.15, 0.2) is 34.9 Å². The number of hydrogen-bond donors (Lipinski definition) is 0.